The number of aromatic nitrogens is 1. The lowest BCUT2D eigenvalue weighted by Crippen LogP contribution is -2.40. The van der Waals surface area contributed by atoms with Gasteiger partial charge in [-0.3, -0.25) is 14.2 Å². The number of para-hydroxylation sites is 1. The predicted molar refractivity (Wildman–Crippen MR) is 164 cm³/mol. The molecule has 3 aromatic carbocycles. The summed E-state index contributed by atoms with van der Waals surface area (Å²) in [6.07, 6.45) is 7.02. The fraction of sp³-hybridized carbons (Fsp3) is 0.156. The molecule has 0 unspecified atom stereocenters. The van der Waals surface area contributed by atoms with Crippen LogP contribution in [0.4, 0.5) is 5.69 Å². The maximum absolute atomic E-state index is 14.0. The lowest BCUT2D eigenvalue weighted by atomic mass is 9.95. The fourth-order valence-electron chi connectivity index (χ4n) is 4.69. The smallest absolute Gasteiger partial charge is 0.271 e. The van der Waals surface area contributed by atoms with Crippen LogP contribution in [0, 0.1) is 12.3 Å². The van der Waals surface area contributed by atoms with Crippen LogP contribution in [0.1, 0.15) is 24.1 Å². The molecule has 1 N–H and O–H groups in total. The summed E-state index contributed by atoms with van der Waals surface area (Å²) in [4.78, 5) is 32.9. The molecule has 4 aromatic rings. The van der Waals surface area contributed by atoms with Crippen molar-refractivity contribution in [2.45, 2.75) is 13.0 Å². The SMILES string of the molecule is C#CCOc1c(Cl)cc(/C=c2\sc3n(c2=O)[C@H](c2cccc(OC)c2)C(C(=O)Nc2ccccc2)=C(C)N=3)cc1OC. The molecule has 1 aromatic heterocycles. The summed E-state index contributed by atoms with van der Waals surface area (Å²) < 4.78 is 18.4. The molecule has 0 spiro atoms. The Morgan fingerprint density at radius 2 is 1.93 bits per heavy atom. The number of fused-ring (bicyclic) bond motifs is 1. The number of benzene rings is 3. The van der Waals surface area contributed by atoms with Crippen molar-refractivity contribution in [2.24, 2.45) is 4.99 Å². The van der Waals surface area contributed by atoms with E-state index in [1.807, 2.05) is 42.5 Å². The maximum Gasteiger partial charge on any atom is 0.271 e. The van der Waals surface area contributed by atoms with Gasteiger partial charge in [-0.15, -0.1) is 6.42 Å². The number of anilines is 1. The molecule has 1 amide bonds. The number of rotatable bonds is 8. The highest BCUT2D eigenvalue weighted by Gasteiger charge is 2.32. The highest BCUT2D eigenvalue weighted by Crippen LogP contribution is 2.37. The Bertz CT molecular complexity index is 1920. The molecule has 0 radical (unpaired) electrons. The normalized spacial score (nSPS) is 14.5. The number of nitrogens with one attached hydrogen (secondary N) is 1. The van der Waals surface area contributed by atoms with Crippen molar-refractivity contribution in [1.82, 2.24) is 4.57 Å². The van der Waals surface area contributed by atoms with E-state index in [1.54, 1.807) is 48.9 Å². The van der Waals surface area contributed by atoms with E-state index in [4.69, 9.17) is 32.2 Å². The first kappa shape index (κ1) is 28.7. The summed E-state index contributed by atoms with van der Waals surface area (Å²) in [6, 6.07) is 19.1. The molecule has 8 nitrogen and oxygen atoms in total. The number of halogens is 1. The molecule has 1 aliphatic heterocycles. The molecule has 42 heavy (non-hydrogen) atoms. The van der Waals surface area contributed by atoms with Gasteiger partial charge in [0.25, 0.3) is 11.5 Å². The van der Waals surface area contributed by atoms with E-state index in [0.717, 1.165) is 0 Å². The van der Waals surface area contributed by atoms with Gasteiger partial charge in [0.15, 0.2) is 16.3 Å². The van der Waals surface area contributed by atoms with Crippen molar-refractivity contribution >= 4 is 40.6 Å². The van der Waals surface area contributed by atoms with Gasteiger partial charge in [-0.25, -0.2) is 4.99 Å². The first-order valence-corrected chi connectivity index (χ1v) is 14.0. The summed E-state index contributed by atoms with van der Waals surface area (Å²) >= 11 is 7.69. The second-order valence-corrected chi connectivity index (χ2v) is 10.6. The lowest BCUT2D eigenvalue weighted by Gasteiger charge is -2.25. The molecular weight excluding hydrogens is 574 g/mol. The summed E-state index contributed by atoms with van der Waals surface area (Å²) in [5.74, 6) is 3.34. The highest BCUT2D eigenvalue weighted by molar-refractivity contribution is 7.07. The molecule has 0 saturated heterocycles. The summed E-state index contributed by atoms with van der Waals surface area (Å²) in [6.45, 7) is 1.79. The molecule has 212 valence electrons. The van der Waals surface area contributed by atoms with E-state index < -0.39 is 6.04 Å². The second-order valence-electron chi connectivity index (χ2n) is 9.21. The summed E-state index contributed by atoms with van der Waals surface area (Å²) in [5, 5.41) is 3.23. The Morgan fingerprint density at radius 3 is 2.64 bits per heavy atom. The van der Waals surface area contributed by atoms with Gasteiger partial charge in [-0.1, -0.05) is 59.2 Å². The number of methoxy groups -OCH3 is 2. The van der Waals surface area contributed by atoms with Gasteiger partial charge in [0.1, 0.15) is 12.4 Å². The largest absolute Gasteiger partial charge is 0.497 e. The van der Waals surface area contributed by atoms with Crippen LogP contribution in [-0.4, -0.2) is 31.3 Å². The van der Waals surface area contributed by atoms with Gasteiger partial charge < -0.3 is 19.5 Å². The number of carbonyl (C=O) groups excluding carboxylic acids is 1. The Labute approximate surface area is 251 Å². The minimum absolute atomic E-state index is 0.0256. The molecule has 1 aliphatic rings. The molecule has 0 bridgehead atoms. The van der Waals surface area contributed by atoms with Gasteiger partial charge in [0.05, 0.1) is 41.1 Å². The standard InChI is InChI=1S/C32H26ClN3O5S/c1-5-14-41-29-24(33)15-20(16-25(29)40-4)17-26-31(38)36-28(21-10-9-13-23(18-21)39-3)27(19(2)34-32(36)42-26)30(37)35-22-11-7-6-8-12-22/h1,6-13,15-18,28H,14H2,2-4H3,(H,35,37)/b26-17-/t28-/m1/s1. The Balaban J connectivity index is 1.66. The van der Waals surface area contributed by atoms with Gasteiger partial charge in [-0.05, 0) is 60.5 Å². The highest BCUT2D eigenvalue weighted by atomic mass is 35.5. The number of thiazole rings is 1. The van der Waals surface area contributed by atoms with Crippen molar-refractivity contribution in [1.29, 1.82) is 0 Å². The average molecular weight is 600 g/mol. The van der Waals surface area contributed by atoms with Crippen LogP contribution < -0.4 is 34.4 Å². The van der Waals surface area contributed by atoms with Crippen molar-refractivity contribution in [3.8, 4) is 29.6 Å². The van der Waals surface area contributed by atoms with Crippen molar-refractivity contribution in [2.75, 3.05) is 26.1 Å². The van der Waals surface area contributed by atoms with E-state index in [-0.39, 0.29) is 23.1 Å². The molecule has 0 fully saturated rings. The lowest BCUT2D eigenvalue weighted by molar-refractivity contribution is -0.113. The second kappa shape index (κ2) is 12.4. The first-order valence-electron chi connectivity index (χ1n) is 12.8. The summed E-state index contributed by atoms with van der Waals surface area (Å²) in [7, 11) is 3.06. The van der Waals surface area contributed by atoms with Crippen LogP contribution >= 0.6 is 22.9 Å². The molecule has 0 aliphatic carbocycles. The summed E-state index contributed by atoms with van der Waals surface area (Å²) in [5.41, 5.74) is 2.49. The minimum atomic E-state index is -0.750. The third-order valence-electron chi connectivity index (χ3n) is 6.56. The zero-order chi connectivity index (χ0) is 29.8. The quantitative estimate of drug-likeness (QED) is 0.300. The van der Waals surface area contributed by atoms with Gasteiger partial charge in [0, 0.05) is 5.69 Å². The van der Waals surface area contributed by atoms with E-state index in [0.29, 0.717) is 54.7 Å². The number of hydrogen-bond donors (Lipinski definition) is 1. The number of hydrogen-bond acceptors (Lipinski definition) is 7. The van der Waals surface area contributed by atoms with Gasteiger partial charge >= 0.3 is 0 Å². The molecule has 5 rings (SSSR count). The monoisotopic (exact) mass is 599 g/mol. The van der Waals surface area contributed by atoms with Crippen LogP contribution in [0.5, 0.6) is 17.2 Å². The van der Waals surface area contributed by atoms with Crippen LogP contribution in [0.25, 0.3) is 6.08 Å². The Hall–Kier alpha value is -4.78. The van der Waals surface area contributed by atoms with Crippen molar-refractivity contribution < 1.29 is 19.0 Å². The number of terminal acetylenes is 1. The minimum Gasteiger partial charge on any atom is -0.497 e. The van der Waals surface area contributed by atoms with Gasteiger partial charge in [0.2, 0.25) is 0 Å². The van der Waals surface area contributed by atoms with Crippen LogP contribution in [-0.2, 0) is 4.79 Å². The van der Waals surface area contributed by atoms with Crippen LogP contribution in [0.2, 0.25) is 5.02 Å². The van der Waals surface area contributed by atoms with E-state index in [1.165, 1.54) is 18.4 Å². The van der Waals surface area contributed by atoms with E-state index in [9.17, 15) is 9.59 Å². The van der Waals surface area contributed by atoms with E-state index >= 15 is 0 Å². The number of carbonyl (C=O) groups is 1. The van der Waals surface area contributed by atoms with E-state index in [2.05, 4.69) is 16.2 Å². The Kier molecular flexibility index (Phi) is 8.48. The topological polar surface area (TPSA) is 91.2 Å². The fourth-order valence-corrected chi connectivity index (χ4v) is 6.01. The van der Waals surface area contributed by atoms with Crippen molar-refractivity contribution in [3.05, 3.63) is 114 Å². The zero-order valence-corrected chi connectivity index (χ0v) is 24.6. The average Bonchev–Trinajstić information content (AvgIpc) is 3.29. The predicted octanol–water partition coefficient (Wildman–Crippen LogP) is 4.56. The third-order valence-corrected chi connectivity index (χ3v) is 7.82. The Morgan fingerprint density at radius 1 is 1.14 bits per heavy atom. The molecular formula is C32H26ClN3O5S. The molecule has 10 heteroatoms. The van der Waals surface area contributed by atoms with Gasteiger partial charge in [-0.2, -0.15) is 0 Å². The molecule has 1 atom stereocenters. The van der Waals surface area contributed by atoms with Crippen LogP contribution in [0.15, 0.2) is 87.8 Å². The molecule has 2 heterocycles. The number of ether oxygens (including phenoxy) is 3. The maximum atomic E-state index is 14.0. The zero-order valence-electron chi connectivity index (χ0n) is 23.0. The first-order chi connectivity index (χ1) is 20.3. The number of amides is 1. The van der Waals surface area contributed by atoms with Crippen molar-refractivity contribution in [3.63, 3.8) is 0 Å². The molecule has 0 saturated carbocycles. The number of nitrogens with zero attached hydrogens (tertiary/aromatic N) is 2. The third kappa shape index (κ3) is 5.68. The number of allylic oxidation sites excluding steroid dienone is 1. The van der Waals surface area contributed by atoms with Crippen LogP contribution in [0.3, 0.4) is 0 Å².